The minimum Gasteiger partial charge on any atom is -0.504 e. The predicted molar refractivity (Wildman–Crippen MR) is 127 cm³/mol. The van der Waals surface area contributed by atoms with Crippen LogP contribution in [0.1, 0.15) is 122 Å². The van der Waals surface area contributed by atoms with Crippen molar-refractivity contribution in [3.63, 3.8) is 0 Å². The molecule has 0 bridgehead atoms. The Bertz CT molecular complexity index is 576. The summed E-state index contributed by atoms with van der Waals surface area (Å²) in [5, 5.41) is 10.9. The minimum atomic E-state index is 0.292. The third-order valence-corrected chi connectivity index (χ3v) is 6.71. The molecule has 0 heterocycles. The molecule has 0 saturated heterocycles. The number of phenols is 1. The van der Waals surface area contributed by atoms with Gasteiger partial charge in [0.2, 0.25) is 0 Å². The molecule has 2 unspecified atom stereocenters. The van der Waals surface area contributed by atoms with Gasteiger partial charge in [0, 0.05) is 11.1 Å². The van der Waals surface area contributed by atoms with E-state index in [0.29, 0.717) is 17.6 Å². The van der Waals surface area contributed by atoms with Gasteiger partial charge < -0.3 is 9.84 Å². The van der Waals surface area contributed by atoms with E-state index in [1.54, 1.807) is 7.11 Å². The highest BCUT2D eigenvalue weighted by atomic mass is 16.5. The zero-order chi connectivity index (χ0) is 21.8. The third kappa shape index (κ3) is 7.87. The van der Waals surface area contributed by atoms with Crippen LogP contribution in [0.5, 0.6) is 11.5 Å². The monoisotopic (exact) mass is 404 g/mol. The summed E-state index contributed by atoms with van der Waals surface area (Å²) in [6, 6.07) is 2.29. The van der Waals surface area contributed by atoms with Gasteiger partial charge in [0.25, 0.3) is 0 Å². The Hall–Kier alpha value is -1.18. The smallest absolute Gasteiger partial charge is 0.164 e. The van der Waals surface area contributed by atoms with Crippen LogP contribution < -0.4 is 4.74 Å². The van der Waals surface area contributed by atoms with Crippen molar-refractivity contribution < 1.29 is 9.84 Å². The molecule has 0 radical (unpaired) electrons. The van der Waals surface area contributed by atoms with Crippen molar-refractivity contribution in [3.05, 3.63) is 22.8 Å². The summed E-state index contributed by atoms with van der Waals surface area (Å²) in [7, 11) is 1.72. The lowest BCUT2D eigenvalue weighted by Crippen LogP contribution is -2.11. The number of hydrogen-bond donors (Lipinski definition) is 1. The van der Waals surface area contributed by atoms with Gasteiger partial charge in [-0.3, -0.25) is 0 Å². The van der Waals surface area contributed by atoms with Crippen LogP contribution in [0.25, 0.3) is 0 Å². The summed E-state index contributed by atoms with van der Waals surface area (Å²) in [6.07, 6.45) is 13.5. The summed E-state index contributed by atoms with van der Waals surface area (Å²) >= 11 is 0. The lowest BCUT2D eigenvalue weighted by molar-refractivity contribution is 0.356. The van der Waals surface area contributed by atoms with Gasteiger partial charge in [0.05, 0.1) is 7.11 Å². The van der Waals surface area contributed by atoms with Crippen molar-refractivity contribution in [1.29, 1.82) is 0 Å². The Morgan fingerprint density at radius 1 is 0.897 bits per heavy atom. The first-order valence-corrected chi connectivity index (χ1v) is 12.3. The first-order valence-electron chi connectivity index (χ1n) is 12.3. The molecule has 0 fully saturated rings. The summed E-state index contributed by atoms with van der Waals surface area (Å²) in [5.41, 5.74) is 3.71. The van der Waals surface area contributed by atoms with E-state index in [2.05, 4.69) is 47.6 Å². The number of aryl methyl sites for hydroxylation is 1. The van der Waals surface area contributed by atoms with E-state index in [0.717, 1.165) is 30.1 Å². The second kappa shape index (κ2) is 13.9. The summed E-state index contributed by atoms with van der Waals surface area (Å²) < 4.78 is 5.81. The number of hydrogen-bond acceptors (Lipinski definition) is 2. The molecule has 29 heavy (non-hydrogen) atoms. The lowest BCUT2D eigenvalue weighted by atomic mass is 9.84. The number of benzene rings is 1. The van der Waals surface area contributed by atoms with E-state index in [1.165, 1.54) is 68.9 Å². The molecule has 1 aromatic carbocycles. The van der Waals surface area contributed by atoms with Gasteiger partial charge in [-0.15, -0.1) is 0 Å². The van der Waals surface area contributed by atoms with Crippen LogP contribution in [0.15, 0.2) is 6.07 Å². The van der Waals surface area contributed by atoms with Gasteiger partial charge in [-0.1, -0.05) is 99.0 Å². The van der Waals surface area contributed by atoms with Crippen LogP contribution >= 0.6 is 0 Å². The average molecular weight is 405 g/mol. The molecule has 0 aliphatic rings. The maximum absolute atomic E-state index is 10.9. The number of methoxy groups -OCH3 is 1. The molecule has 168 valence electrons. The SMILES string of the molecule is CCCCC(CC)CCc1cc(C(C)C)c(O)c(OC)c1CC(CC)CCCC. The fourth-order valence-electron chi connectivity index (χ4n) is 4.51. The van der Waals surface area contributed by atoms with Gasteiger partial charge in [0.1, 0.15) is 0 Å². The van der Waals surface area contributed by atoms with E-state index in [1.807, 2.05) is 0 Å². The van der Waals surface area contributed by atoms with Crippen LogP contribution in [-0.2, 0) is 12.8 Å². The highest BCUT2D eigenvalue weighted by Gasteiger charge is 2.22. The van der Waals surface area contributed by atoms with Gasteiger partial charge in [-0.25, -0.2) is 0 Å². The second-order valence-electron chi connectivity index (χ2n) is 9.22. The lowest BCUT2D eigenvalue weighted by Gasteiger charge is -2.24. The molecule has 0 aliphatic heterocycles. The highest BCUT2D eigenvalue weighted by Crippen LogP contribution is 2.42. The highest BCUT2D eigenvalue weighted by molar-refractivity contribution is 5.56. The van der Waals surface area contributed by atoms with Crippen LogP contribution in [0.4, 0.5) is 0 Å². The number of phenolic OH excluding ortho intramolecular Hbond substituents is 1. The van der Waals surface area contributed by atoms with Crippen molar-refractivity contribution in [1.82, 2.24) is 0 Å². The van der Waals surface area contributed by atoms with Crippen molar-refractivity contribution in [3.8, 4) is 11.5 Å². The van der Waals surface area contributed by atoms with Crippen LogP contribution in [0.2, 0.25) is 0 Å². The van der Waals surface area contributed by atoms with Gasteiger partial charge >= 0.3 is 0 Å². The molecule has 0 saturated carbocycles. The Morgan fingerprint density at radius 3 is 1.97 bits per heavy atom. The number of rotatable bonds is 15. The fraction of sp³-hybridized carbons (Fsp3) is 0.778. The van der Waals surface area contributed by atoms with Crippen molar-refractivity contribution in [2.45, 2.75) is 118 Å². The van der Waals surface area contributed by atoms with Crippen LogP contribution in [0.3, 0.4) is 0 Å². The molecular formula is C27H48O2. The van der Waals surface area contributed by atoms with Crippen LogP contribution in [0, 0.1) is 11.8 Å². The Labute approximate surface area is 181 Å². The predicted octanol–water partition coefficient (Wildman–Crippen LogP) is 8.43. The molecule has 2 nitrogen and oxygen atoms in total. The van der Waals surface area contributed by atoms with Gasteiger partial charge in [-0.2, -0.15) is 0 Å². The Balaban J connectivity index is 3.24. The quantitative estimate of drug-likeness (QED) is 0.318. The first-order chi connectivity index (χ1) is 13.9. The van der Waals surface area contributed by atoms with E-state index < -0.39 is 0 Å². The van der Waals surface area contributed by atoms with E-state index in [-0.39, 0.29) is 0 Å². The molecule has 0 aliphatic carbocycles. The molecule has 0 spiro atoms. The van der Waals surface area contributed by atoms with Gasteiger partial charge in [0.15, 0.2) is 11.5 Å². The molecule has 0 aromatic heterocycles. The Kier molecular flexibility index (Phi) is 12.4. The fourth-order valence-corrected chi connectivity index (χ4v) is 4.51. The van der Waals surface area contributed by atoms with Gasteiger partial charge in [-0.05, 0) is 42.6 Å². The van der Waals surface area contributed by atoms with E-state index in [9.17, 15) is 5.11 Å². The number of aromatic hydroxyl groups is 1. The molecule has 1 aromatic rings. The summed E-state index contributed by atoms with van der Waals surface area (Å²) in [6.45, 7) is 13.5. The average Bonchev–Trinajstić information content (AvgIpc) is 2.71. The zero-order valence-electron chi connectivity index (χ0n) is 20.4. The summed E-state index contributed by atoms with van der Waals surface area (Å²) in [4.78, 5) is 0. The molecule has 2 atom stereocenters. The van der Waals surface area contributed by atoms with Crippen molar-refractivity contribution in [2.24, 2.45) is 11.8 Å². The molecule has 1 N–H and O–H groups in total. The molecule has 2 heteroatoms. The molecular weight excluding hydrogens is 356 g/mol. The normalized spacial score (nSPS) is 13.7. The van der Waals surface area contributed by atoms with E-state index in [4.69, 9.17) is 4.74 Å². The minimum absolute atomic E-state index is 0.292. The maximum atomic E-state index is 10.9. The van der Waals surface area contributed by atoms with E-state index >= 15 is 0 Å². The number of ether oxygens (including phenoxy) is 1. The first kappa shape index (κ1) is 25.9. The van der Waals surface area contributed by atoms with Crippen LogP contribution in [-0.4, -0.2) is 12.2 Å². The topological polar surface area (TPSA) is 29.5 Å². The maximum Gasteiger partial charge on any atom is 0.164 e. The molecule has 1 rings (SSSR count). The largest absolute Gasteiger partial charge is 0.504 e. The van der Waals surface area contributed by atoms with Crippen molar-refractivity contribution >= 4 is 0 Å². The zero-order valence-corrected chi connectivity index (χ0v) is 20.4. The summed E-state index contributed by atoms with van der Waals surface area (Å²) in [5.74, 6) is 2.86. The number of unbranched alkanes of at least 4 members (excludes halogenated alkanes) is 2. The Morgan fingerprint density at radius 2 is 1.48 bits per heavy atom. The second-order valence-corrected chi connectivity index (χ2v) is 9.22. The standard InChI is InChI=1S/C27H48O2/c1-8-12-14-21(10-3)16-17-23-19-24(20(5)6)26(28)27(29-7)25(23)18-22(11-4)15-13-9-2/h19-22,28H,8-18H2,1-7H3. The third-order valence-electron chi connectivity index (χ3n) is 6.71. The van der Waals surface area contributed by atoms with Crippen molar-refractivity contribution in [2.75, 3.05) is 7.11 Å². The molecule has 0 amide bonds.